The fourth-order valence-electron chi connectivity index (χ4n) is 2.72. The molecule has 0 radical (unpaired) electrons. The molecule has 0 aliphatic carbocycles. The number of rotatable bonds is 2. The molecule has 17 heavy (non-hydrogen) atoms. The van der Waals surface area contributed by atoms with Crippen LogP contribution in [0.3, 0.4) is 0 Å². The van der Waals surface area contributed by atoms with Crippen molar-refractivity contribution in [2.75, 3.05) is 13.6 Å². The maximum atomic E-state index is 11.4. The summed E-state index contributed by atoms with van der Waals surface area (Å²) in [7, 11) is 2.15. The van der Waals surface area contributed by atoms with Gasteiger partial charge >= 0.3 is 0 Å². The first-order valence-corrected chi connectivity index (χ1v) is 6.16. The number of likely N-dealkylation sites (tertiary alicyclic amines) is 1. The van der Waals surface area contributed by atoms with Crippen LogP contribution in [0.2, 0.25) is 0 Å². The van der Waals surface area contributed by atoms with Crippen molar-refractivity contribution in [2.45, 2.75) is 45.8 Å². The molecule has 1 fully saturated rings. The van der Waals surface area contributed by atoms with E-state index < -0.39 is 5.66 Å². The first-order valence-electron chi connectivity index (χ1n) is 6.16. The van der Waals surface area contributed by atoms with Crippen LogP contribution < -0.4 is 15.5 Å². The Kier molecular flexibility index (Phi) is 4.14. The van der Waals surface area contributed by atoms with Crippen LogP contribution in [0.25, 0.3) is 0 Å². The minimum atomic E-state index is -0.587. The van der Waals surface area contributed by atoms with Gasteiger partial charge in [0.05, 0.1) is 19.6 Å². The Bertz CT molecular complexity index is 301. The lowest BCUT2D eigenvalue weighted by Gasteiger charge is -2.47. The predicted octanol–water partition coefficient (Wildman–Crippen LogP) is -1.10. The van der Waals surface area contributed by atoms with Crippen molar-refractivity contribution in [3.8, 4) is 0 Å². The molecule has 98 valence electrons. The molecule has 0 aromatic heterocycles. The molecule has 1 aliphatic heterocycles. The van der Waals surface area contributed by atoms with Crippen molar-refractivity contribution < 1.29 is 14.5 Å². The lowest BCUT2D eigenvalue weighted by molar-refractivity contribution is -0.914. The Morgan fingerprint density at radius 2 is 1.65 bits per heavy atom. The molecule has 3 atom stereocenters. The average Bonchev–Trinajstić information content (AvgIpc) is 2.12. The molecule has 0 aromatic carbocycles. The molecule has 0 aromatic rings. The maximum absolute atomic E-state index is 11.4. The number of amides is 2. The highest BCUT2D eigenvalue weighted by atomic mass is 16.2. The summed E-state index contributed by atoms with van der Waals surface area (Å²) in [6.45, 7) is 8.13. The number of nitrogens with one attached hydrogen (secondary N) is 3. The lowest BCUT2D eigenvalue weighted by atomic mass is 9.82. The molecule has 0 saturated carbocycles. The first kappa shape index (κ1) is 14.0. The third kappa shape index (κ3) is 3.19. The Balaban J connectivity index is 2.95. The van der Waals surface area contributed by atoms with Crippen LogP contribution >= 0.6 is 0 Å². The smallest absolute Gasteiger partial charge is 0.218 e. The summed E-state index contributed by atoms with van der Waals surface area (Å²) in [5.74, 6) is 0.0150. The van der Waals surface area contributed by atoms with Gasteiger partial charge in [-0.2, -0.15) is 0 Å². The quantitative estimate of drug-likeness (QED) is 0.538. The van der Waals surface area contributed by atoms with Crippen LogP contribution in [-0.4, -0.2) is 37.1 Å². The third-order valence-corrected chi connectivity index (χ3v) is 3.74. The van der Waals surface area contributed by atoms with Crippen LogP contribution in [0.4, 0.5) is 0 Å². The molecule has 1 heterocycles. The van der Waals surface area contributed by atoms with Crippen LogP contribution in [0, 0.1) is 5.92 Å². The van der Waals surface area contributed by atoms with Gasteiger partial charge in [0.2, 0.25) is 11.8 Å². The highest BCUT2D eigenvalue weighted by Crippen LogP contribution is 2.22. The minimum absolute atomic E-state index is 0.0997. The first-order chi connectivity index (χ1) is 7.77. The molecule has 3 N–H and O–H groups in total. The zero-order valence-corrected chi connectivity index (χ0v) is 11.4. The highest BCUT2D eigenvalue weighted by Gasteiger charge is 2.46. The van der Waals surface area contributed by atoms with Gasteiger partial charge < -0.3 is 15.5 Å². The van der Waals surface area contributed by atoms with Crippen molar-refractivity contribution in [1.82, 2.24) is 10.6 Å². The molecule has 0 bridgehead atoms. The zero-order valence-electron chi connectivity index (χ0n) is 11.4. The van der Waals surface area contributed by atoms with E-state index in [0.717, 1.165) is 13.0 Å². The molecular formula is C12H24N3O2+. The molecule has 1 aliphatic rings. The molecule has 1 rings (SSSR count). The van der Waals surface area contributed by atoms with Crippen molar-refractivity contribution >= 4 is 11.8 Å². The summed E-state index contributed by atoms with van der Waals surface area (Å²) in [5, 5.41) is 5.89. The third-order valence-electron chi connectivity index (χ3n) is 3.74. The van der Waals surface area contributed by atoms with E-state index >= 15 is 0 Å². The van der Waals surface area contributed by atoms with E-state index in [9.17, 15) is 9.59 Å². The van der Waals surface area contributed by atoms with Crippen LogP contribution in [0.5, 0.6) is 0 Å². The maximum Gasteiger partial charge on any atom is 0.218 e. The van der Waals surface area contributed by atoms with Gasteiger partial charge in [-0.1, -0.05) is 6.92 Å². The summed E-state index contributed by atoms with van der Waals surface area (Å²) in [6, 6.07) is 0.407. The van der Waals surface area contributed by atoms with Crippen molar-refractivity contribution in [3.05, 3.63) is 0 Å². The van der Waals surface area contributed by atoms with Gasteiger partial charge in [-0.3, -0.25) is 9.59 Å². The van der Waals surface area contributed by atoms with E-state index in [1.807, 2.05) is 0 Å². The number of hydrogen-bond acceptors (Lipinski definition) is 2. The van der Waals surface area contributed by atoms with Gasteiger partial charge in [-0.25, -0.2) is 0 Å². The summed E-state index contributed by atoms with van der Waals surface area (Å²) >= 11 is 0. The summed E-state index contributed by atoms with van der Waals surface area (Å²) in [4.78, 5) is 24.2. The molecule has 1 saturated heterocycles. The minimum Gasteiger partial charge on any atom is -0.335 e. The summed E-state index contributed by atoms with van der Waals surface area (Å²) in [6.07, 6.45) is 0.763. The van der Waals surface area contributed by atoms with E-state index in [1.165, 1.54) is 18.7 Å². The highest BCUT2D eigenvalue weighted by molar-refractivity contribution is 5.77. The number of hydrogen-bond donors (Lipinski definition) is 3. The van der Waals surface area contributed by atoms with Gasteiger partial charge in [0.25, 0.3) is 0 Å². The van der Waals surface area contributed by atoms with Crippen molar-refractivity contribution in [2.24, 2.45) is 5.92 Å². The van der Waals surface area contributed by atoms with Gasteiger partial charge in [0.15, 0.2) is 0 Å². The zero-order chi connectivity index (χ0) is 13.2. The van der Waals surface area contributed by atoms with E-state index in [2.05, 4.69) is 31.5 Å². The monoisotopic (exact) mass is 242 g/mol. The van der Waals surface area contributed by atoms with Gasteiger partial charge in [-0.05, 0) is 6.92 Å². The number of quaternary nitrogens is 1. The largest absolute Gasteiger partial charge is 0.335 e. The van der Waals surface area contributed by atoms with Gasteiger partial charge in [0.1, 0.15) is 5.66 Å². The second-order valence-electron chi connectivity index (χ2n) is 5.39. The molecule has 1 unspecified atom stereocenters. The SMILES string of the molecule is CC(=O)NC1(NC(C)=O)C[C@H](C)[NH+](C)C[C@H]1C. The Morgan fingerprint density at radius 1 is 1.18 bits per heavy atom. The number of piperidine rings is 1. The van der Waals surface area contributed by atoms with Gasteiger partial charge in [-0.15, -0.1) is 0 Å². The standard InChI is InChI=1S/C12H23N3O2/c1-8-7-15(5)9(2)6-12(8,13-10(3)16)14-11(4)17/h8-9H,6-7H2,1-5H3,(H,13,16)(H,14,17)/p+1/t8-,9+/m1/s1. The number of carbonyl (C=O) groups is 2. The molecule has 5 heteroatoms. The average molecular weight is 242 g/mol. The van der Waals surface area contributed by atoms with E-state index in [0.29, 0.717) is 6.04 Å². The van der Waals surface area contributed by atoms with E-state index in [-0.39, 0.29) is 17.7 Å². The van der Waals surface area contributed by atoms with Crippen LogP contribution in [0.1, 0.15) is 34.1 Å². The predicted molar refractivity (Wildman–Crippen MR) is 65.4 cm³/mol. The van der Waals surface area contributed by atoms with Gasteiger partial charge in [0, 0.05) is 26.2 Å². The Labute approximate surface area is 103 Å². The van der Waals surface area contributed by atoms with Crippen LogP contribution in [0.15, 0.2) is 0 Å². The Hall–Kier alpha value is -1.10. The molecule has 5 nitrogen and oxygen atoms in total. The van der Waals surface area contributed by atoms with Crippen molar-refractivity contribution in [1.29, 1.82) is 0 Å². The lowest BCUT2D eigenvalue weighted by Crippen LogP contribution is -3.16. The number of carbonyl (C=O) groups excluding carboxylic acids is 2. The van der Waals surface area contributed by atoms with E-state index in [1.54, 1.807) is 0 Å². The van der Waals surface area contributed by atoms with E-state index in [4.69, 9.17) is 0 Å². The summed E-state index contributed by atoms with van der Waals surface area (Å²) < 4.78 is 0. The second-order valence-corrected chi connectivity index (χ2v) is 5.39. The van der Waals surface area contributed by atoms with Crippen molar-refractivity contribution in [3.63, 3.8) is 0 Å². The topological polar surface area (TPSA) is 62.6 Å². The fourth-order valence-corrected chi connectivity index (χ4v) is 2.72. The second kappa shape index (κ2) is 5.04. The fraction of sp³-hybridized carbons (Fsp3) is 0.833. The Morgan fingerprint density at radius 3 is 2.06 bits per heavy atom. The molecular weight excluding hydrogens is 218 g/mol. The summed E-state index contributed by atoms with van der Waals surface area (Å²) in [5.41, 5.74) is -0.587. The normalized spacial score (nSPS) is 31.7. The molecule has 0 spiro atoms. The van der Waals surface area contributed by atoms with Crippen LogP contribution in [-0.2, 0) is 9.59 Å². The molecule has 2 amide bonds.